The third-order valence-corrected chi connectivity index (χ3v) is 14.8. The summed E-state index contributed by atoms with van der Waals surface area (Å²) in [7, 11) is -2.52. The van der Waals surface area contributed by atoms with E-state index in [2.05, 4.69) is 159 Å². The summed E-state index contributed by atoms with van der Waals surface area (Å²) in [5, 5.41) is 4.50. The number of rotatable bonds is 7. The van der Waals surface area contributed by atoms with Gasteiger partial charge in [-0.2, -0.15) is 0 Å². The van der Waals surface area contributed by atoms with Crippen molar-refractivity contribution in [3.05, 3.63) is 114 Å². The van der Waals surface area contributed by atoms with Crippen molar-refractivity contribution in [3.8, 4) is 0 Å². The summed E-state index contributed by atoms with van der Waals surface area (Å²) in [4.78, 5) is 0. The van der Waals surface area contributed by atoms with Crippen LogP contribution in [-0.4, -0.2) is 8.07 Å². The summed E-state index contributed by atoms with van der Waals surface area (Å²) in [5.41, 5.74) is 4.26. The van der Waals surface area contributed by atoms with E-state index in [4.69, 9.17) is 0 Å². The first-order valence-electron chi connectivity index (χ1n) is 12.6. The molecule has 0 radical (unpaired) electrons. The van der Waals surface area contributed by atoms with E-state index in [1.807, 2.05) is 0 Å². The standard InChI is InChI=1S/C32H37Si.3ClH.Ti/c1-23(2)26-12-9-17-30(20-26)33(29-15-7-8-16-29,31-18-10-13-27(21-31)24(3)4)32-19-11-14-28(22-32)25(5)6;;;;/h7-25H,1-6H3;3*1H;/q;;;;+3/p-3. The molecule has 0 saturated carbocycles. The minimum atomic E-state index is -2.52. The summed E-state index contributed by atoms with van der Waals surface area (Å²) < 4.78 is -0.0617. The van der Waals surface area contributed by atoms with Gasteiger partial charge in [0.25, 0.3) is 0 Å². The van der Waals surface area contributed by atoms with E-state index < -0.39 is 8.07 Å². The Bertz CT molecular complexity index is 1090. The predicted molar refractivity (Wildman–Crippen MR) is 147 cm³/mol. The molecular formula is C32H37Cl3SiTi. The molecule has 0 amide bonds. The molecule has 37 heavy (non-hydrogen) atoms. The van der Waals surface area contributed by atoms with Crippen LogP contribution >= 0.6 is 0 Å². The molecular weight excluding hydrogens is 567 g/mol. The Labute approximate surface area is 256 Å². The van der Waals surface area contributed by atoms with Gasteiger partial charge in [-0.3, -0.25) is 0 Å². The summed E-state index contributed by atoms with van der Waals surface area (Å²) in [6.07, 6.45) is 9.44. The molecule has 1 aliphatic carbocycles. The van der Waals surface area contributed by atoms with Crippen molar-refractivity contribution < 1.29 is 57.7 Å². The van der Waals surface area contributed by atoms with Crippen LogP contribution in [0.2, 0.25) is 3.34 Å². The molecule has 0 N–H and O–H groups in total. The van der Waals surface area contributed by atoms with Crippen molar-refractivity contribution in [2.75, 3.05) is 0 Å². The predicted octanol–water partition coefficient (Wildman–Crippen LogP) is -2.09. The Morgan fingerprint density at radius 3 is 1.11 bits per heavy atom. The Balaban J connectivity index is 0.00000228. The molecule has 0 aliphatic heterocycles. The second kappa shape index (κ2) is 13.8. The molecule has 0 heterocycles. The van der Waals surface area contributed by atoms with Gasteiger partial charge in [-0.25, -0.2) is 0 Å². The fraction of sp³-hybridized carbons (Fsp3) is 0.312. The van der Waals surface area contributed by atoms with Crippen molar-refractivity contribution in [1.82, 2.24) is 0 Å². The van der Waals surface area contributed by atoms with E-state index >= 15 is 0 Å². The first kappa shape index (κ1) is 34.0. The summed E-state index contributed by atoms with van der Waals surface area (Å²) in [5.74, 6) is 1.49. The largest absolute Gasteiger partial charge is 1.00 e. The maximum absolute atomic E-state index is 2.52. The zero-order chi connectivity index (χ0) is 24.5. The van der Waals surface area contributed by atoms with Crippen LogP contribution in [0.25, 0.3) is 0 Å². The van der Waals surface area contributed by atoms with Gasteiger partial charge >= 0.3 is 220 Å². The van der Waals surface area contributed by atoms with Gasteiger partial charge in [-0.05, 0) is 0 Å². The number of hydrogen-bond donors (Lipinski definition) is 0. The summed E-state index contributed by atoms with van der Waals surface area (Å²) in [6.45, 7) is 13.8. The van der Waals surface area contributed by atoms with Crippen molar-refractivity contribution in [2.45, 2.75) is 62.6 Å². The summed E-state index contributed by atoms with van der Waals surface area (Å²) in [6, 6.07) is 28.5. The van der Waals surface area contributed by atoms with Crippen LogP contribution < -0.4 is 52.8 Å². The number of benzene rings is 3. The molecule has 0 bridgehead atoms. The maximum atomic E-state index is 2.52. The molecule has 0 spiro atoms. The van der Waals surface area contributed by atoms with Crippen LogP contribution in [0.4, 0.5) is 0 Å². The van der Waals surface area contributed by atoms with E-state index in [1.165, 1.54) is 32.3 Å². The summed E-state index contributed by atoms with van der Waals surface area (Å²) >= 11 is 2.46. The monoisotopic (exact) mass is 602 g/mol. The number of allylic oxidation sites excluding steroid dienone is 4. The van der Waals surface area contributed by atoms with Crippen LogP contribution in [0.15, 0.2) is 97.1 Å². The average Bonchev–Trinajstić information content (AvgIpc) is 3.27. The molecule has 1 aliphatic rings. The Hall–Kier alpha value is -1.06. The van der Waals surface area contributed by atoms with E-state index in [0.29, 0.717) is 17.8 Å². The van der Waals surface area contributed by atoms with E-state index in [1.54, 1.807) is 0 Å². The smallest absolute Gasteiger partial charge is 1.00 e. The van der Waals surface area contributed by atoms with Crippen molar-refractivity contribution in [3.63, 3.8) is 0 Å². The molecule has 5 heteroatoms. The van der Waals surface area contributed by atoms with Gasteiger partial charge in [0.1, 0.15) is 0 Å². The van der Waals surface area contributed by atoms with Crippen LogP contribution in [-0.2, 0) is 20.4 Å². The fourth-order valence-corrected chi connectivity index (χ4v) is 13.0. The Kier molecular flexibility index (Phi) is 12.7. The number of hydrogen-bond acceptors (Lipinski definition) is 0. The minimum absolute atomic E-state index is 0. The molecule has 3 aromatic carbocycles. The van der Waals surface area contributed by atoms with Gasteiger partial charge in [0.2, 0.25) is 0 Å². The molecule has 0 nitrogen and oxygen atoms in total. The Morgan fingerprint density at radius 1 is 0.541 bits per heavy atom. The molecule has 0 fully saturated rings. The topological polar surface area (TPSA) is 0 Å². The molecule has 3 aromatic rings. The van der Waals surface area contributed by atoms with Crippen molar-refractivity contribution in [1.29, 1.82) is 0 Å². The normalized spacial score (nSPS) is 13.9. The molecule has 4 rings (SSSR count). The fourth-order valence-electron chi connectivity index (χ4n) is 5.33. The molecule has 0 atom stereocenters. The second-order valence-corrected chi connectivity index (χ2v) is 16.8. The van der Waals surface area contributed by atoms with Crippen LogP contribution in [0.3, 0.4) is 0 Å². The zero-order valence-corrected chi connectivity index (χ0v) is 27.4. The Morgan fingerprint density at radius 2 is 0.838 bits per heavy atom. The molecule has 194 valence electrons. The first-order chi connectivity index (χ1) is 16.2. The SMILES string of the molecule is CC(C)c1cccc([Si](c2cccc(C(C)C)c2)(c2cccc(C(C)C)c2)[C]2([Ti+3])C=CC=C2)c1.[Cl-].[Cl-].[Cl-]. The molecule has 0 saturated heterocycles. The zero-order valence-electron chi connectivity index (χ0n) is 22.6. The van der Waals surface area contributed by atoms with Gasteiger partial charge in [0.05, 0.1) is 0 Å². The van der Waals surface area contributed by atoms with Gasteiger partial charge in [-0.15, -0.1) is 0 Å². The quantitative estimate of drug-likeness (QED) is 0.215. The maximum Gasteiger partial charge on any atom is -1.00 e. The van der Waals surface area contributed by atoms with Gasteiger partial charge in [0.15, 0.2) is 0 Å². The number of halogens is 3. The van der Waals surface area contributed by atoms with E-state index in [-0.39, 0.29) is 40.6 Å². The first-order valence-corrected chi connectivity index (χ1v) is 15.4. The van der Waals surface area contributed by atoms with E-state index in [9.17, 15) is 0 Å². The third kappa shape index (κ3) is 6.40. The van der Waals surface area contributed by atoms with Crippen LogP contribution in [0.5, 0.6) is 0 Å². The van der Waals surface area contributed by atoms with Gasteiger partial charge in [-0.1, -0.05) is 0 Å². The van der Waals surface area contributed by atoms with Crippen molar-refractivity contribution in [2.24, 2.45) is 0 Å². The molecule has 0 unspecified atom stereocenters. The molecule has 0 aromatic heterocycles. The van der Waals surface area contributed by atoms with Crippen LogP contribution in [0.1, 0.15) is 76.0 Å². The van der Waals surface area contributed by atoms with E-state index in [0.717, 1.165) is 0 Å². The minimum Gasteiger partial charge on any atom is -1.00 e. The van der Waals surface area contributed by atoms with Gasteiger partial charge in [0, 0.05) is 0 Å². The van der Waals surface area contributed by atoms with Crippen molar-refractivity contribution >= 4 is 23.6 Å². The third-order valence-electron chi connectivity index (χ3n) is 7.41. The average molecular weight is 604 g/mol. The van der Waals surface area contributed by atoms with Crippen LogP contribution in [0, 0.1) is 0 Å². The van der Waals surface area contributed by atoms with Gasteiger partial charge < -0.3 is 37.2 Å². The second-order valence-electron chi connectivity index (χ2n) is 10.7.